The highest BCUT2D eigenvalue weighted by Gasteiger charge is 2.34. The molecule has 7 nitrogen and oxygen atoms in total. The maximum absolute atomic E-state index is 12.2. The lowest BCUT2D eigenvalue weighted by Crippen LogP contribution is -2.38. The molecule has 0 aliphatic heterocycles. The summed E-state index contributed by atoms with van der Waals surface area (Å²) in [6.07, 6.45) is 6.96. The van der Waals surface area contributed by atoms with Crippen molar-refractivity contribution < 1.29 is 9.59 Å². The Balaban J connectivity index is 1.63. The van der Waals surface area contributed by atoms with Crippen LogP contribution in [0.15, 0.2) is 42.9 Å². The van der Waals surface area contributed by atoms with Crippen molar-refractivity contribution in [2.24, 2.45) is 5.92 Å². The van der Waals surface area contributed by atoms with Gasteiger partial charge in [-0.2, -0.15) is 0 Å². The third-order valence-electron chi connectivity index (χ3n) is 3.93. The minimum atomic E-state index is -0.700. The molecular weight excluding hydrogens is 306 g/mol. The normalized spacial score (nSPS) is 14.5. The molecule has 0 saturated heterocycles. The molecule has 0 spiro atoms. The molecule has 2 aromatic rings. The van der Waals surface area contributed by atoms with Crippen molar-refractivity contribution in [1.82, 2.24) is 15.3 Å². The first-order chi connectivity index (χ1) is 11.7. The van der Waals surface area contributed by atoms with Gasteiger partial charge in [0, 0.05) is 19.4 Å². The lowest BCUT2D eigenvalue weighted by atomic mass is 10.0. The number of carbonyl (C=O) groups is 2. The molecule has 3 rings (SSSR count). The second-order valence-electron chi connectivity index (χ2n) is 5.71. The van der Waals surface area contributed by atoms with Crippen molar-refractivity contribution in [2.45, 2.75) is 18.9 Å². The molecule has 1 unspecified atom stereocenters. The summed E-state index contributed by atoms with van der Waals surface area (Å²) in [6, 6.07) is 6.97. The van der Waals surface area contributed by atoms with Gasteiger partial charge in [-0.25, -0.2) is 4.98 Å². The van der Waals surface area contributed by atoms with Crippen molar-refractivity contribution >= 4 is 23.3 Å². The first-order valence-corrected chi connectivity index (χ1v) is 7.83. The summed E-state index contributed by atoms with van der Waals surface area (Å²) in [6.45, 7) is 0. The Morgan fingerprint density at radius 1 is 1.12 bits per heavy atom. The number of rotatable bonds is 5. The summed E-state index contributed by atoms with van der Waals surface area (Å²) in [5.41, 5.74) is 1.44. The van der Waals surface area contributed by atoms with Crippen molar-refractivity contribution in [3.63, 3.8) is 0 Å². The molecule has 2 amide bonds. The first kappa shape index (κ1) is 15.9. The van der Waals surface area contributed by atoms with Gasteiger partial charge >= 0.3 is 11.8 Å². The van der Waals surface area contributed by atoms with Gasteiger partial charge in [0.05, 0.1) is 17.9 Å². The van der Waals surface area contributed by atoms with Crippen molar-refractivity contribution in [3.05, 3.63) is 48.4 Å². The van der Waals surface area contributed by atoms with Crippen LogP contribution in [0.2, 0.25) is 0 Å². The zero-order valence-corrected chi connectivity index (χ0v) is 13.3. The molecule has 3 N–H and O–H groups in total. The molecule has 0 aromatic carbocycles. The van der Waals surface area contributed by atoms with Gasteiger partial charge in [-0.05, 0) is 48.6 Å². The van der Waals surface area contributed by atoms with Crippen LogP contribution in [0.5, 0.6) is 0 Å². The third-order valence-corrected chi connectivity index (χ3v) is 3.93. The van der Waals surface area contributed by atoms with Crippen LogP contribution in [0.4, 0.5) is 11.5 Å². The number of pyridine rings is 2. The minimum absolute atomic E-state index is 0.156. The molecule has 7 heteroatoms. The summed E-state index contributed by atoms with van der Waals surface area (Å²) < 4.78 is 0. The lowest BCUT2D eigenvalue weighted by molar-refractivity contribution is -0.136. The van der Waals surface area contributed by atoms with Gasteiger partial charge in [0.15, 0.2) is 0 Å². The highest BCUT2D eigenvalue weighted by atomic mass is 16.2. The van der Waals surface area contributed by atoms with E-state index in [1.807, 2.05) is 12.1 Å². The Bertz CT molecular complexity index is 714. The van der Waals surface area contributed by atoms with Crippen LogP contribution in [-0.4, -0.2) is 28.8 Å². The molecule has 0 bridgehead atoms. The zero-order valence-electron chi connectivity index (χ0n) is 13.3. The predicted octanol–water partition coefficient (Wildman–Crippen LogP) is 1.72. The Morgan fingerprint density at radius 2 is 1.88 bits per heavy atom. The molecule has 1 atom stereocenters. The Kier molecular flexibility index (Phi) is 4.69. The standard InChI is InChI=1S/C17H19N5O2/c1-18-14-5-4-13(10-20-14)21-16(23)17(24)22-15(11-2-3-11)12-6-8-19-9-7-12/h4-11,15H,2-3H2,1H3,(H,18,20)(H,21,23)(H,22,24). The van der Waals surface area contributed by atoms with E-state index in [-0.39, 0.29) is 6.04 Å². The first-order valence-electron chi connectivity index (χ1n) is 7.83. The minimum Gasteiger partial charge on any atom is -0.373 e. The second kappa shape index (κ2) is 7.08. The maximum Gasteiger partial charge on any atom is 0.313 e. The Hall–Kier alpha value is -2.96. The summed E-state index contributed by atoms with van der Waals surface area (Å²) in [7, 11) is 1.76. The van der Waals surface area contributed by atoms with Crippen molar-refractivity contribution in [2.75, 3.05) is 17.7 Å². The average molecular weight is 325 g/mol. The van der Waals surface area contributed by atoms with Gasteiger partial charge < -0.3 is 16.0 Å². The van der Waals surface area contributed by atoms with Crippen LogP contribution in [0.1, 0.15) is 24.4 Å². The smallest absolute Gasteiger partial charge is 0.313 e. The second-order valence-corrected chi connectivity index (χ2v) is 5.71. The monoisotopic (exact) mass is 325 g/mol. The van der Waals surface area contributed by atoms with E-state index in [9.17, 15) is 9.59 Å². The van der Waals surface area contributed by atoms with Crippen LogP contribution in [0.3, 0.4) is 0 Å². The molecule has 24 heavy (non-hydrogen) atoms. The summed E-state index contributed by atoms with van der Waals surface area (Å²) in [4.78, 5) is 32.4. The van der Waals surface area contributed by atoms with Gasteiger partial charge in [-0.15, -0.1) is 0 Å². The molecule has 1 fully saturated rings. The molecule has 2 aromatic heterocycles. The number of hydrogen-bond acceptors (Lipinski definition) is 5. The fourth-order valence-electron chi connectivity index (χ4n) is 2.48. The maximum atomic E-state index is 12.2. The van der Waals surface area contributed by atoms with E-state index in [2.05, 4.69) is 25.9 Å². The molecule has 1 aliphatic carbocycles. The molecule has 1 aliphatic rings. The number of nitrogens with one attached hydrogen (secondary N) is 3. The van der Waals surface area contributed by atoms with Crippen LogP contribution >= 0.6 is 0 Å². The summed E-state index contributed by atoms with van der Waals surface area (Å²) in [5.74, 6) is -0.292. The number of hydrogen-bond donors (Lipinski definition) is 3. The van der Waals surface area contributed by atoms with Gasteiger partial charge in [0.2, 0.25) is 0 Å². The van der Waals surface area contributed by atoms with E-state index in [4.69, 9.17) is 0 Å². The van der Waals surface area contributed by atoms with Crippen LogP contribution in [0, 0.1) is 5.92 Å². The fourth-order valence-corrected chi connectivity index (χ4v) is 2.48. The quantitative estimate of drug-likeness (QED) is 0.728. The number of aromatic nitrogens is 2. The molecule has 1 saturated carbocycles. The van der Waals surface area contributed by atoms with E-state index >= 15 is 0 Å². The van der Waals surface area contributed by atoms with E-state index in [0.29, 0.717) is 17.4 Å². The average Bonchev–Trinajstić information content (AvgIpc) is 3.45. The number of nitrogens with zero attached hydrogens (tertiary/aromatic N) is 2. The van der Waals surface area contributed by atoms with Gasteiger partial charge in [0.25, 0.3) is 0 Å². The number of carbonyl (C=O) groups excluding carboxylic acids is 2. The SMILES string of the molecule is CNc1ccc(NC(=O)C(=O)NC(c2ccncc2)C2CC2)cn1. The highest BCUT2D eigenvalue weighted by Crippen LogP contribution is 2.40. The molecule has 2 heterocycles. The van der Waals surface area contributed by atoms with Crippen LogP contribution in [0.25, 0.3) is 0 Å². The largest absolute Gasteiger partial charge is 0.373 e. The summed E-state index contributed by atoms with van der Waals surface area (Å²) >= 11 is 0. The fraction of sp³-hybridized carbons (Fsp3) is 0.294. The van der Waals surface area contributed by atoms with E-state index in [1.165, 1.54) is 6.20 Å². The Morgan fingerprint density at radius 3 is 2.46 bits per heavy atom. The third kappa shape index (κ3) is 3.87. The molecular formula is C17H19N5O2. The van der Waals surface area contributed by atoms with Crippen molar-refractivity contribution in [3.8, 4) is 0 Å². The topological polar surface area (TPSA) is 96.0 Å². The molecule has 124 valence electrons. The van der Waals surface area contributed by atoms with Crippen molar-refractivity contribution in [1.29, 1.82) is 0 Å². The van der Waals surface area contributed by atoms with Crippen LogP contribution in [-0.2, 0) is 9.59 Å². The molecule has 0 radical (unpaired) electrons. The van der Waals surface area contributed by atoms with Crippen LogP contribution < -0.4 is 16.0 Å². The van der Waals surface area contributed by atoms with Gasteiger partial charge in [-0.1, -0.05) is 0 Å². The van der Waals surface area contributed by atoms with Gasteiger partial charge in [-0.3, -0.25) is 14.6 Å². The zero-order chi connectivity index (χ0) is 16.9. The van der Waals surface area contributed by atoms with E-state index in [0.717, 1.165) is 18.4 Å². The van der Waals surface area contributed by atoms with E-state index in [1.54, 1.807) is 31.6 Å². The highest BCUT2D eigenvalue weighted by molar-refractivity contribution is 6.39. The number of anilines is 2. The van der Waals surface area contributed by atoms with Gasteiger partial charge in [0.1, 0.15) is 5.82 Å². The lowest BCUT2D eigenvalue weighted by Gasteiger charge is -2.18. The summed E-state index contributed by atoms with van der Waals surface area (Å²) in [5, 5.41) is 8.27. The predicted molar refractivity (Wildman–Crippen MR) is 90.3 cm³/mol. The number of amides is 2. The Labute approximate surface area is 139 Å². The van der Waals surface area contributed by atoms with E-state index < -0.39 is 11.8 Å².